The predicted molar refractivity (Wildman–Crippen MR) is 105 cm³/mol. The van der Waals surface area contributed by atoms with Crippen LogP contribution in [-0.2, 0) is 6.42 Å². The van der Waals surface area contributed by atoms with Gasteiger partial charge in [0.15, 0.2) is 0 Å². The van der Waals surface area contributed by atoms with Gasteiger partial charge in [-0.2, -0.15) is 0 Å². The summed E-state index contributed by atoms with van der Waals surface area (Å²) < 4.78 is 13.0. The number of benzene rings is 1. The summed E-state index contributed by atoms with van der Waals surface area (Å²) in [5.41, 5.74) is 1.33. The van der Waals surface area contributed by atoms with Crippen molar-refractivity contribution >= 4 is 8.80 Å². The minimum absolute atomic E-state index is 0.106. The van der Waals surface area contributed by atoms with Crippen LogP contribution in [0.3, 0.4) is 0 Å². The Bertz CT molecular complexity index is 467. The molecule has 2 fully saturated rings. The van der Waals surface area contributed by atoms with Crippen molar-refractivity contribution in [2.24, 2.45) is 17.8 Å². The molecule has 1 heterocycles. The fourth-order valence-electron chi connectivity index (χ4n) is 5.33. The average Bonchev–Trinajstić information content (AvgIpc) is 2.63. The molecule has 1 aliphatic carbocycles. The highest BCUT2D eigenvalue weighted by atomic mass is 28.3. The van der Waals surface area contributed by atoms with E-state index in [9.17, 15) is 4.39 Å². The maximum absolute atomic E-state index is 13.0. The monoisotopic (exact) mass is 346 g/mol. The Balaban J connectivity index is 1.36. The van der Waals surface area contributed by atoms with Crippen molar-refractivity contribution in [3.8, 4) is 0 Å². The summed E-state index contributed by atoms with van der Waals surface area (Å²) in [6.07, 6.45) is 13.2. The smallest absolute Gasteiger partial charge is 0.123 e. The molecule has 1 aromatic rings. The summed E-state index contributed by atoms with van der Waals surface area (Å²) >= 11 is 0. The molecule has 1 aromatic carbocycles. The molecule has 2 aliphatic rings. The van der Waals surface area contributed by atoms with Gasteiger partial charge in [0.2, 0.25) is 0 Å². The van der Waals surface area contributed by atoms with Crippen molar-refractivity contribution in [3.63, 3.8) is 0 Å². The first kappa shape index (κ1) is 18.2. The normalized spacial score (nSPS) is 31.1. The van der Waals surface area contributed by atoms with Crippen LogP contribution < -0.4 is 0 Å². The van der Waals surface area contributed by atoms with Gasteiger partial charge in [-0.15, -0.1) is 0 Å². The molecule has 0 amide bonds. The molecule has 0 nitrogen and oxygen atoms in total. The molecule has 1 aliphatic heterocycles. The van der Waals surface area contributed by atoms with Gasteiger partial charge in [-0.1, -0.05) is 75.7 Å². The summed E-state index contributed by atoms with van der Waals surface area (Å²) in [7, 11) is -0.518. The summed E-state index contributed by atoms with van der Waals surface area (Å²) in [5.74, 6) is 3.06. The van der Waals surface area contributed by atoms with Crippen molar-refractivity contribution in [2.75, 3.05) is 0 Å². The van der Waals surface area contributed by atoms with Gasteiger partial charge in [-0.05, 0) is 54.7 Å². The van der Waals surface area contributed by atoms with Crippen LogP contribution in [0.25, 0.3) is 0 Å². The van der Waals surface area contributed by atoms with E-state index in [0.29, 0.717) is 0 Å². The molecule has 0 bridgehead atoms. The Morgan fingerprint density at radius 2 is 1.54 bits per heavy atom. The van der Waals surface area contributed by atoms with E-state index in [4.69, 9.17) is 0 Å². The third kappa shape index (κ3) is 5.18. The van der Waals surface area contributed by atoms with Gasteiger partial charge in [0.05, 0.1) is 0 Å². The zero-order valence-corrected chi connectivity index (χ0v) is 16.6. The molecular weight excluding hydrogens is 311 g/mol. The van der Waals surface area contributed by atoms with Crippen LogP contribution in [0, 0.1) is 23.6 Å². The topological polar surface area (TPSA) is 0 Å². The van der Waals surface area contributed by atoms with Gasteiger partial charge in [-0.3, -0.25) is 0 Å². The number of rotatable bonds is 6. The van der Waals surface area contributed by atoms with Crippen LogP contribution in [0.15, 0.2) is 24.3 Å². The lowest BCUT2D eigenvalue weighted by Gasteiger charge is -2.37. The third-order valence-electron chi connectivity index (χ3n) is 6.90. The Morgan fingerprint density at radius 1 is 0.917 bits per heavy atom. The van der Waals surface area contributed by atoms with Crippen molar-refractivity contribution < 1.29 is 4.39 Å². The summed E-state index contributed by atoms with van der Waals surface area (Å²) in [5, 5.41) is 0. The minimum atomic E-state index is -0.518. The Morgan fingerprint density at radius 3 is 2.17 bits per heavy atom. The number of aryl methyl sites for hydroxylation is 1. The molecule has 2 heteroatoms. The van der Waals surface area contributed by atoms with E-state index < -0.39 is 8.80 Å². The van der Waals surface area contributed by atoms with E-state index in [1.165, 1.54) is 69.4 Å². The Hall–Kier alpha value is -0.633. The van der Waals surface area contributed by atoms with Crippen LogP contribution >= 0.6 is 0 Å². The number of hydrogen-bond acceptors (Lipinski definition) is 0. The van der Waals surface area contributed by atoms with Gasteiger partial charge in [0, 0.05) is 8.80 Å². The summed E-state index contributed by atoms with van der Waals surface area (Å²) in [6, 6.07) is 11.8. The number of hydrogen-bond donors (Lipinski definition) is 0. The maximum Gasteiger partial charge on any atom is 0.123 e. The lowest BCUT2D eigenvalue weighted by Crippen LogP contribution is -2.28. The van der Waals surface area contributed by atoms with Crippen LogP contribution in [0.5, 0.6) is 0 Å². The fourth-order valence-corrected chi connectivity index (χ4v) is 8.73. The van der Waals surface area contributed by atoms with Gasteiger partial charge in [0.1, 0.15) is 5.82 Å². The predicted octanol–water partition coefficient (Wildman–Crippen LogP) is 6.61. The first-order valence-corrected chi connectivity index (χ1v) is 12.9. The summed E-state index contributed by atoms with van der Waals surface area (Å²) in [6.45, 7) is 2.34. The van der Waals surface area contributed by atoms with Gasteiger partial charge in [0.25, 0.3) is 0 Å². The van der Waals surface area contributed by atoms with Gasteiger partial charge < -0.3 is 0 Å². The molecule has 0 radical (unpaired) electrons. The zero-order valence-electron chi connectivity index (χ0n) is 15.5. The molecule has 134 valence electrons. The molecule has 1 saturated carbocycles. The van der Waals surface area contributed by atoms with Crippen molar-refractivity contribution in [3.05, 3.63) is 35.6 Å². The Kier molecular flexibility index (Phi) is 6.94. The van der Waals surface area contributed by atoms with E-state index in [2.05, 4.69) is 6.92 Å². The molecule has 0 atom stereocenters. The fraction of sp³-hybridized carbons (Fsp3) is 0.727. The molecule has 0 spiro atoms. The molecule has 0 aromatic heterocycles. The second-order valence-electron chi connectivity index (χ2n) is 8.52. The SMILES string of the molecule is CCC[C@H]1CC[C@H]([C@H]2CC[Si@H](CCc3ccc(F)cc3)CC2)CC1. The van der Waals surface area contributed by atoms with E-state index >= 15 is 0 Å². The molecule has 0 unspecified atom stereocenters. The van der Waals surface area contributed by atoms with Gasteiger partial charge in [-0.25, -0.2) is 4.39 Å². The van der Waals surface area contributed by atoms with E-state index in [1.54, 1.807) is 24.2 Å². The molecule has 0 N–H and O–H groups in total. The van der Waals surface area contributed by atoms with Crippen LogP contribution in [0.4, 0.5) is 4.39 Å². The maximum atomic E-state index is 13.0. The minimum Gasteiger partial charge on any atom is -0.207 e. The largest absolute Gasteiger partial charge is 0.207 e. The highest BCUT2D eigenvalue weighted by Gasteiger charge is 2.30. The van der Waals surface area contributed by atoms with Gasteiger partial charge >= 0.3 is 0 Å². The summed E-state index contributed by atoms with van der Waals surface area (Å²) in [4.78, 5) is 0. The van der Waals surface area contributed by atoms with Crippen LogP contribution in [0.2, 0.25) is 18.1 Å². The Labute approximate surface area is 149 Å². The van der Waals surface area contributed by atoms with E-state index in [-0.39, 0.29) is 5.82 Å². The average molecular weight is 347 g/mol. The first-order valence-electron chi connectivity index (χ1n) is 10.5. The second kappa shape index (κ2) is 9.17. The lowest BCUT2D eigenvalue weighted by molar-refractivity contribution is 0.185. The first-order chi connectivity index (χ1) is 11.7. The number of halogens is 1. The van der Waals surface area contributed by atoms with Crippen LogP contribution in [0.1, 0.15) is 63.9 Å². The van der Waals surface area contributed by atoms with Crippen molar-refractivity contribution in [2.45, 2.75) is 82.8 Å². The van der Waals surface area contributed by atoms with E-state index in [0.717, 1.165) is 17.8 Å². The van der Waals surface area contributed by atoms with Crippen molar-refractivity contribution in [1.82, 2.24) is 0 Å². The zero-order chi connectivity index (χ0) is 16.8. The lowest BCUT2D eigenvalue weighted by atomic mass is 9.73. The molecular formula is C22H35FSi. The highest BCUT2D eigenvalue weighted by Crippen LogP contribution is 2.41. The third-order valence-corrected chi connectivity index (χ3v) is 10.3. The van der Waals surface area contributed by atoms with E-state index in [1.807, 2.05) is 12.1 Å². The molecule has 3 rings (SSSR count). The highest BCUT2D eigenvalue weighted by molar-refractivity contribution is 6.59. The second-order valence-corrected chi connectivity index (χ2v) is 12.0. The quantitative estimate of drug-likeness (QED) is 0.508. The van der Waals surface area contributed by atoms with Crippen LogP contribution in [-0.4, -0.2) is 8.80 Å². The molecule has 1 saturated heterocycles. The van der Waals surface area contributed by atoms with Crippen molar-refractivity contribution in [1.29, 1.82) is 0 Å². The standard InChI is InChI=1S/C22H35FSi/c1-2-3-18-4-8-20(9-5-18)21-13-16-24(17-14-21)15-12-19-6-10-22(23)11-7-19/h6-7,10-11,18,20-21,24H,2-5,8-9,12-17H2,1H3/t18-,20-,21-,24-. The molecule has 24 heavy (non-hydrogen) atoms.